The number of nitrogens with zero attached hydrogens (tertiary/aromatic N) is 3. The van der Waals surface area contributed by atoms with Crippen LogP contribution in [0.1, 0.15) is 27.0 Å². The maximum absolute atomic E-state index is 13.2. The number of amides is 1. The summed E-state index contributed by atoms with van der Waals surface area (Å²) < 4.78 is 2.05. The second-order valence-corrected chi connectivity index (χ2v) is 9.65. The first-order valence-corrected chi connectivity index (χ1v) is 12.8. The summed E-state index contributed by atoms with van der Waals surface area (Å²) >= 11 is 1.39. The molecule has 0 aliphatic carbocycles. The van der Waals surface area contributed by atoms with Gasteiger partial charge in [-0.3, -0.25) is 9.36 Å². The molecule has 5 rings (SSSR count). The van der Waals surface area contributed by atoms with E-state index < -0.39 is 0 Å². The molecule has 0 saturated carbocycles. The quantitative estimate of drug-likeness (QED) is 0.197. The van der Waals surface area contributed by atoms with Gasteiger partial charge >= 0.3 is 0 Å². The van der Waals surface area contributed by atoms with Crippen LogP contribution in [-0.4, -0.2) is 16.7 Å². The summed E-state index contributed by atoms with van der Waals surface area (Å²) in [7, 11) is 0. The Kier molecular flexibility index (Phi) is 7.19. The van der Waals surface area contributed by atoms with Crippen molar-refractivity contribution in [3.8, 4) is 16.9 Å². The summed E-state index contributed by atoms with van der Waals surface area (Å²) in [5.74, 6) is -0.172. The van der Waals surface area contributed by atoms with Gasteiger partial charge in [0.2, 0.25) is 4.80 Å². The van der Waals surface area contributed by atoms with Gasteiger partial charge in [-0.05, 0) is 43.7 Å². The summed E-state index contributed by atoms with van der Waals surface area (Å²) in [6.45, 7) is 4.06. The Labute approximate surface area is 220 Å². The van der Waals surface area contributed by atoms with Crippen LogP contribution in [0, 0.1) is 13.8 Å². The van der Waals surface area contributed by atoms with Gasteiger partial charge < -0.3 is 5.32 Å². The second kappa shape index (κ2) is 11.0. The number of carbonyl (C=O) groups excluding carboxylic acids is 1. The molecule has 182 valence electrons. The van der Waals surface area contributed by atoms with Crippen LogP contribution in [0.25, 0.3) is 16.9 Å². The molecule has 37 heavy (non-hydrogen) atoms. The van der Waals surface area contributed by atoms with Gasteiger partial charge in [0.05, 0.1) is 11.9 Å². The van der Waals surface area contributed by atoms with E-state index in [2.05, 4.69) is 46.7 Å². The maximum Gasteiger partial charge on any atom is 0.256 e. The molecule has 6 heteroatoms. The summed E-state index contributed by atoms with van der Waals surface area (Å²) in [6, 6.07) is 35.7. The number of carbonyl (C=O) groups is 1. The van der Waals surface area contributed by atoms with Crippen molar-refractivity contribution >= 4 is 28.5 Å². The molecule has 0 aliphatic rings. The lowest BCUT2D eigenvalue weighted by atomic mass is 10.1. The highest BCUT2D eigenvalue weighted by atomic mass is 32.1. The van der Waals surface area contributed by atoms with E-state index in [0.717, 1.165) is 33.6 Å². The molecule has 0 fully saturated rings. The molecule has 0 spiro atoms. The number of aromatic nitrogens is 1. The number of nitrogens with one attached hydrogen (secondary N) is 1. The lowest BCUT2D eigenvalue weighted by Crippen LogP contribution is -2.14. The zero-order chi connectivity index (χ0) is 25.6. The van der Waals surface area contributed by atoms with E-state index in [-0.39, 0.29) is 5.91 Å². The first-order chi connectivity index (χ1) is 18.1. The largest absolute Gasteiger partial charge is 0.312 e. The molecule has 0 aliphatic heterocycles. The third-order valence-electron chi connectivity index (χ3n) is 5.85. The van der Waals surface area contributed by atoms with Crippen molar-refractivity contribution in [2.75, 3.05) is 5.32 Å². The van der Waals surface area contributed by atoms with E-state index in [4.69, 9.17) is 0 Å². The van der Waals surface area contributed by atoms with Gasteiger partial charge in [-0.25, -0.2) is 0 Å². The average molecular weight is 503 g/mol. The zero-order valence-corrected chi connectivity index (χ0v) is 21.4. The predicted octanol–water partition coefficient (Wildman–Crippen LogP) is 7.01. The van der Waals surface area contributed by atoms with E-state index in [0.29, 0.717) is 15.4 Å². The summed E-state index contributed by atoms with van der Waals surface area (Å²) in [5, 5.41) is 12.8. The van der Waals surface area contributed by atoms with E-state index >= 15 is 0 Å². The van der Waals surface area contributed by atoms with Crippen LogP contribution in [-0.2, 0) is 0 Å². The number of benzene rings is 4. The van der Waals surface area contributed by atoms with Crippen LogP contribution >= 0.6 is 11.3 Å². The Morgan fingerprint density at radius 3 is 2.03 bits per heavy atom. The van der Waals surface area contributed by atoms with Gasteiger partial charge in [-0.1, -0.05) is 107 Å². The minimum Gasteiger partial charge on any atom is -0.312 e. The van der Waals surface area contributed by atoms with Gasteiger partial charge in [0.1, 0.15) is 5.00 Å². The first-order valence-electron chi connectivity index (χ1n) is 12.0. The Morgan fingerprint density at radius 2 is 1.38 bits per heavy atom. The van der Waals surface area contributed by atoms with Crippen molar-refractivity contribution in [1.29, 1.82) is 0 Å². The van der Waals surface area contributed by atoms with Gasteiger partial charge in [0.15, 0.2) is 0 Å². The Balaban J connectivity index is 1.68. The average Bonchev–Trinajstić information content (AvgIpc) is 3.28. The van der Waals surface area contributed by atoms with E-state index in [1.165, 1.54) is 11.3 Å². The van der Waals surface area contributed by atoms with Crippen molar-refractivity contribution in [1.82, 2.24) is 4.57 Å². The molecule has 1 heterocycles. The van der Waals surface area contributed by atoms with E-state index in [9.17, 15) is 4.79 Å². The molecular weight excluding hydrogens is 476 g/mol. The monoisotopic (exact) mass is 502 g/mol. The molecule has 5 nitrogen and oxygen atoms in total. The summed E-state index contributed by atoms with van der Waals surface area (Å²) in [5.41, 5.74) is 6.57. The van der Waals surface area contributed by atoms with Crippen LogP contribution in [0.2, 0.25) is 0 Å². The van der Waals surface area contributed by atoms with Crippen molar-refractivity contribution in [3.63, 3.8) is 0 Å². The topological polar surface area (TPSA) is 58.8 Å². The Bertz CT molecular complexity index is 1600. The molecule has 1 aromatic heterocycles. The third kappa shape index (κ3) is 5.66. The molecule has 0 bridgehead atoms. The van der Waals surface area contributed by atoms with Crippen molar-refractivity contribution < 1.29 is 4.79 Å². The van der Waals surface area contributed by atoms with Gasteiger partial charge in [0.25, 0.3) is 5.91 Å². The van der Waals surface area contributed by atoms with Crippen molar-refractivity contribution in [2.24, 2.45) is 10.2 Å². The third-order valence-corrected chi connectivity index (χ3v) is 6.80. The van der Waals surface area contributed by atoms with Gasteiger partial charge in [-0.2, -0.15) is 5.10 Å². The fraction of sp³-hybridized carbons (Fsp3) is 0.0645. The first kappa shape index (κ1) is 24.2. The molecule has 0 atom stereocenters. The predicted molar refractivity (Wildman–Crippen MR) is 153 cm³/mol. The Morgan fingerprint density at radius 1 is 0.784 bits per heavy atom. The lowest BCUT2D eigenvalue weighted by Gasteiger charge is -2.12. The molecule has 1 N–H and O–H groups in total. The normalized spacial score (nSPS) is 11.7. The zero-order valence-electron chi connectivity index (χ0n) is 20.6. The van der Waals surface area contributed by atoms with Crippen LogP contribution in [0.3, 0.4) is 0 Å². The molecule has 5 aromatic rings. The highest BCUT2D eigenvalue weighted by Crippen LogP contribution is 2.33. The number of hydrogen-bond donors (Lipinski definition) is 1. The fourth-order valence-corrected chi connectivity index (χ4v) is 4.89. The Hall–Kier alpha value is -4.55. The minimum atomic E-state index is -0.172. The lowest BCUT2D eigenvalue weighted by molar-refractivity contribution is 0.102. The molecule has 1 amide bonds. The van der Waals surface area contributed by atoms with Gasteiger partial charge in [0, 0.05) is 16.8 Å². The highest BCUT2D eigenvalue weighted by molar-refractivity contribution is 7.14. The number of aryl methyl sites for hydroxylation is 2. The van der Waals surface area contributed by atoms with Crippen LogP contribution in [0.4, 0.5) is 5.00 Å². The number of anilines is 1. The molecule has 4 aromatic carbocycles. The molecule has 0 saturated heterocycles. The minimum absolute atomic E-state index is 0.172. The van der Waals surface area contributed by atoms with Crippen molar-refractivity contribution in [3.05, 3.63) is 136 Å². The summed E-state index contributed by atoms with van der Waals surface area (Å²) in [6.07, 6.45) is 1.73. The van der Waals surface area contributed by atoms with Crippen LogP contribution < -0.4 is 10.1 Å². The number of rotatable bonds is 6. The molecular formula is C31H26N4OS. The van der Waals surface area contributed by atoms with Crippen LogP contribution in [0.5, 0.6) is 0 Å². The van der Waals surface area contributed by atoms with Crippen LogP contribution in [0.15, 0.2) is 119 Å². The van der Waals surface area contributed by atoms with E-state index in [1.807, 2.05) is 96.4 Å². The summed E-state index contributed by atoms with van der Waals surface area (Å²) in [4.78, 5) is 13.9. The fourth-order valence-electron chi connectivity index (χ4n) is 3.89. The highest BCUT2D eigenvalue weighted by Gasteiger charge is 2.19. The van der Waals surface area contributed by atoms with E-state index in [1.54, 1.807) is 6.21 Å². The molecule has 0 unspecified atom stereocenters. The molecule has 0 radical (unpaired) electrons. The van der Waals surface area contributed by atoms with Crippen molar-refractivity contribution in [2.45, 2.75) is 13.8 Å². The second-order valence-electron chi connectivity index (χ2n) is 8.67. The standard InChI is InChI=1S/C31H26N4OS/c1-22-13-17-26(18-14-22)29(36)33-30-28(25-11-7-4-8-12-25)35(27-19-15-23(2)16-20-27)31(37-30)34-32-21-24-9-5-3-6-10-24/h3-21H,1-2H3,(H,33,36). The van der Waals surface area contributed by atoms with Gasteiger partial charge in [-0.15, -0.1) is 5.10 Å². The number of hydrogen-bond acceptors (Lipinski definition) is 4. The number of thiazole rings is 1. The SMILES string of the molecule is Cc1ccc(C(=O)Nc2sc(=NN=Cc3ccccc3)n(-c3ccc(C)cc3)c2-c2ccccc2)cc1. The maximum atomic E-state index is 13.2. The smallest absolute Gasteiger partial charge is 0.256 e.